The van der Waals surface area contributed by atoms with E-state index < -0.39 is 0 Å². The predicted molar refractivity (Wildman–Crippen MR) is 148 cm³/mol. The van der Waals surface area contributed by atoms with Gasteiger partial charge in [-0.2, -0.15) is 0 Å². The molecule has 36 heavy (non-hydrogen) atoms. The summed E-state index contributed by atoms with van der Waals surface area (Å²) in [7, 11) is 0. The van der Waals surface area contributed by atoms with Crippen molar-refractivity contribution in [3.05, 3.63) is 103 Å². The van der Waals surface area contributed by atoms with Gasteiger partial charge in [0.1, 0.15) is 23.0 Å². The van der Waals surface area contributed by atoms with Crippen LogP contribution in [0.25, 0.3) is 34.8 Å². The van der Waals surface area contributed by atoms with Crippen molar-refractivity contribution in [1.29, 1.82) is 0 Å². The van der Waals surface area contributed by atoms with Crippen LogP contribution < -0.4 is 0 Å². The summed E-state index contributed by atoms with van der Waals surface area (Å²) >= 11 is 25.3. The number of allylic oxidation sites excluding steroid dienone is 2. The summed E-state index contributed by atoms with van der Waals surface area (Å²) in [5.41, 5.74) is 2.60. The Labute approximate surface area is 228 Å². The molecule has 0 amide bonds. The minimum Gasteiger partial charge on any atom is -0.457 e. The average molecular weight is 558 g/mol. The van der Waals surface area contributed by atoms with E-state index in [1.165, 1.54) is 0 Å². The van der Waals surface area contributed by atoms with E-state index >= 15 is 0 Å². The quantitative estimate of drug-likeness (QED) is 0.234. The fraction of sp³-hybridized carbons (Fsp3) is 0.138. The zero-order valence-electron chi connectivity index (χ0n) is 19.2. The van der Waals surface area contributed by atoms with E-state index in [4.69, 9.17) is 55.2 Å². The largest absolute Gasteiger partial charge is 0.457 e. The van der Waals surface area contributed by atoms with Gasteiger partial charge in [0, 0.05) is 11.1 Å². The lowest BCUT2D eigenvalue weighted by molar-refractivity contribution is -0.113. The summed E-state index contributed by atoms with van der Waals surface area (Å²) in [5, 5.41) is 2.00. The predicted octanol–water partition coefficient (Wildman–Crippen LogP) is 10.3. The zero-order chi connectivity index (χ0) is 25.4. The molecule has 4 aromatic rings. The van der Waals surface area contributed by atoms with Crippen molar-refractivity contribution in [2.75, 3.05) is 0 Å². The lowest BCUT2D eigenvalue weighted by Gasteiger charge is -2.22. The first kappa shape index (κ1) is 25.0. The highest BCUT2D eigenvalue weighted by Crippen LogP contribution is 2.39. The summed E-state index contributed by atoms with van der Waals surface area (Å²) < 4.78 is 12.0. The maximum atomic E-state index is 13.3. The van der Waals surface area contributed by atoms with Gasteiger partial charge in [-0.05, 0) is 79.4 Å². The standard InChI is InChI=1S/C29H20Cl4O3/c1-16-12-17(14-19-8-10-25(35-19)27-21(30)4-2-5-22(27)31)29(34)18(13-16)15-20-9-11-26(36-20)28-23(32)6-3-7-24(28)33/h2-11,14-16H,12-13H2,1H3. The van der Waals surface area contributed by atoms with Crippen LogP contribution in [0.4, 0.5) is 0 Å². The van der Waals surface area contributed by atoms with Crippen molar-refractivity contribution in [2.45, 2.75) is 19.8 Å². The molecule has 0 radical (unpaired) electrons. The molecule has 0 aliphatic heterocycles. The number of ketones is 1. The molecule has 0 spiro atoms. The lowest BCUT2D eigenvalue weighted by Crippen LogP contribution is -2.18. The van der Waals surface area contributed by atoms with Crippen molar-refractivity contribution in [3.8, 4) is 22.6 Å². The maximum Gasteiger partial charge on any atom is 0.185 e. The molecule has 3 nitrogen and oxygen atoms in total. The molecular formula is C29H20Cl4O3. The molecule has 0 N–H and O–H groups in total. The summed E-state index contributed by atoms with van der Waals surface area (Å²) in [6, 6.07) is 17.8. The van der Waals surface area contributed by atoms with E-state index in [1.807, 2.05) is 12.1 Å². The first-order valence-corrected chi connectivity index (χ1v) is 12.9. The Kier molecular flexibility index (Phi) is 7.18. The first-order chi connectivity index (χ1) is 17.3. The third-order valence-electron chi connectivity index (χ3n) is 6.02. The average Bonchev–Trinajstić information content (AvgIpc) is 3.47. The van der Waals surface area contributed by atoms with Crippen molar-refractivity contribution < 1.29 is 13.6 Å². The van der Waals surface area contributed by atoms with Crippen molar-refractivity contribution >= 4 is 64.3 Å². The van der Waals surface area contributed by atoms with Gasteiger partial charge in [0.2, 0.25) is 0 Å². The Balaban J connectivity index is 1.43. The fourth-order valence-electron chi connectivity index (χ4n) is 4.40. The van der Waals surface area contributed by atoms with Crippen LogP contribution in [0.1, 0.15) is 31.3 Å². The number of halogens is 4. The van der Waals surface area contributed by atoms with Gasteiger partial charge in [0.15, 0.2) is 5.78 Å². The van der Waals surface area contributed by atoms with E-state index in [1.54, 1.807) is 60.7 Å². The molecule has 1 fully saturated rings. The van der Waals surface area contributed by atoms with E-state index in [0.29, 0.717) is 78.2 Å². The van der Waals surface area contributed by atoms with Crippen molar-refractivity contribution in [1.82, 2.24) is 0 Å². The van der Waals surface area contributed by atoms with Crippen LogP contribution >= 0.6 is 46.4 Å². The highest BCUT2D eigenvalue weighted by atomic mass is 35.5. The Morgan fingerprint density at radius 2 is 1.06 bits per heavy atom. The Morgan fingerprint density at radius 3 is 1.44 bits per heavy atom. The summed E-state index contributed by atoms with van der Waals surface area (Å²) in [6.45, 7) is 2.11. The number of rotatable bonds is 4. The van der Waals surface area contributed by atoms with E-state index in [2.05, 4.69) is 6.92 Å². The lowest BCUT2D eigenvalue weighted by atomic mass is 9.81. The second-order valence-electron chi connectivity index (χ2n) is 8.78. The number of hydrogen-bond acceptors (Lipinski definition) is 3. The van der Waals surface area contributed by atoms with Gasteiger partial charge in [-0.25, -0.2) is 0 Å². The van der Waals surface area contributed by atoms with Crippen molar-refractivity contribution in [3.63, 3.8) is 0 Å². The van der Waals surface area contributed by atoms with Crippen LogP contribution in [-0.4, -0.2) is 5.78 Å². The molecule has 2 aromatic carbocycles. The van der Waals surface area contributed by atoms with Gasteiger partial charge in [-0.1, -0.05) is 65.5 Å². The molecule has 1 aliphatic rings. The van der Waals surface area contributed by atoms with Crippen LogP contribution in [0.3, 0.4) is 0 Å². The monoisotopic (exact) mass is 556 g/mol. The van der Waals surface area contributed by atoms with E-state index in [0.717, 1.165) is 0 Å². The topological polar surface area (TPSA) is 43.4 Å². The summed E-state index contributed by atoms with van der Waals surface area (Å²) in [5.74, 6) is 2.46. The third-order valence-corrected chi connectivity index (χ3v) is 7.28. The number of carbonyl (C=O) groups excluding carboxylic acids is 1. The molecule has 1 aliphatic carbocycles. The maximum absolute atomic E-state index is 13.3. The molecule has 0 saturated heterocycles. The Morgan fingerprint density at radius 1 is 0.667 bits per heavy atom. The van der Waals surface area contributed by atoms with Crippen LogP contribution in [0.15, 0.2) is 80.6 Å². The summed E-state index contributed by atoms with van der Waals surface area (Å²) in [6.07, 6.45) is 4.88. The second-order valence-corrected chi connectivity index (χ2v) is 10.4. The number of furan rings is 2. The second kappa shape index (κ2) is 10.4. The van der Waals surface area contributed by atoms with Crippen molar-refractivity contribution in [2.24, 2.45) is 5.92 Å². The number of benzene rings is 2. The molecule has 0 atom stereocenters. The van der Waals surface area contributed by atoms with Crippen LogP contribution in [-0.2, 0) is 4.79 Å². The fourth-order valence-corrected chi connectivity index (χ4v) is 5.57. The van der Waals surface area contributed by atoms with E-state index in [-0.39, 0.29) is 11.7 Å². The summed E-state index contributed by atoms with van der Waals surface area (Å²) in [4.78, 5) is 13.3. The highest BCUT2D eigenvalue weighted by molar-refractivity contribution is 6.39. The normalized spacial score (nSPS) is 18.4. The van der Waals surface area contributed by atoms with Gasteiger partial charge >= 0.3 is 0 Å². The van der Waals surface area contributed by atoms with Crippen LogP contribution in [0.5, 0.6) is 0 Å². The molecule has 0 bridgehead atoms. The Hall–Kier alpha value is -2.69. The smallest absolute Gasteiger partial charge is 0.185 e. The van der Waals surface area contributed by atoms with Gasteiger partial charge in [-0.15, -0.1) is 0 Å². The van der Waals surface area contributed by atoms with Gasteiger partial charge in [-0.3, -0.25) is 4.79 Å². The molecule has 182 valence electrons. The molecule has 0 unspecified atom stereocenters. The van der Waals surface area contributed by atoms with Gasteiger partial charge in [0.25, 0.3) is 0 Å². The highest BCUT2D eigenvalue weighted by Gasteiger charge is 2.26. The minimum atomic E-state index is -0.0319. The SMILES string of the molecule is CC1CC(=Cc2ccc(-c3c(Cl)cccc3Cl)o2)C(=O)C(=Cc2ccc(-c3c(Cl)cccc3Cl)o2)C1. The van der Waals surface area contributed by atoms with Crippen LogP contribution in [0, 0.1) is 5.92 Å². The Bertz CT molecular complexity index is 1370. The first-order valence-electron chi connectivity index (χ1n) is 11.3. The molecule has 5 rings (SSSR count). The minimum absolute atomic E-state index is 0.0319. The number of hydrogen-bond donors (Lipinski definition) is 0. The van der Waals surface area contributed by atoms with Gasteiger partial charge in [0.05, 0.1) is 31.2 Å². The molecule has 2 aromatic heterocycles. The zero-order valence-corrected chi connectivity index (χ0v) is 22.2. The van der Waals surface area contributed by atoms with Crippen LogP contribution in [0.2, 0.25) is 20.1 Å². The third kappa shape index (κ3) is 5.07. The van der Waals surface area contributed by atoms with Gasteiger partial charge < -0.3 is 8.83 Å². The molecule has 2 heterocycles. The molecule has 1 saturated carbocycles. The molecular weight excluding hydrogens is 538 g/mol. The number of Topliss-reactive ketones (excluding diaryl/α,β-unsaturated/α-hetero) is 1. The number of carbonyl (C=O) groups is 1. The molecule has 7 heteroatoms. The van der Waals surface area contributed by atoms with E-state index in [9.17, 15) is 4.79 Å².